The van der Waals surface area contributed by atoms with E-state index in [1.54, 1.807) is 24.3 Å². The molecule has 6 heteroatoms. The quantitative estimate of drug-likeness (QED) is 0.345. The highest BCUT2D eigenvalue weighted by Gasteiger charge is 2.46. The summed E-state index contributed by atoms with van der Waals surface area (Å²) in [6.45, 7) is 2.06. The van der Waals surface area contributed by atoms with Crippen LogP contribution in [-0.2, 0) is 16.1 Å². The van der Waals surface area contributed by atoms with E-state index in [9.17, 15) is 14.7 Å². The first-order valence-electron chi connectivity index (χ1n) is 9.09. The van der Waals surface area contributed by atoms with E-state index in [2.05, 4.69) is 15.9 Å². The fraction of sp³-hybridized carbons (Fsp3) is 0.130. The van der Waals surface area contributed by atoms with Gasteiger partial charge in [0.25, 0.3) is 11.7 Å². The van der Waals surface area contributed by atoms with Crippen molar-refractivity contribution in [2.24, 2.45) is 0 Å². The van der Waals surface area contributed by atoms with Crippen LogP contribution < -0.4 is 0 Å². The lowest BCUT2D eigenvalue weighted by Crippen LogP contribution is -2.29. The van der Waals surface area contributed by atoms with Crippen molar-refractivity contribution in [3.05, 3.63) is 99.4 Å². The number of benzene rings is 2. The van der Waals surface area contributed by atoms with E-state index < -0.39 is 17.7 Å². The number of aliphatic hydroxyl groups excluding tert-OH is 1. The lowest BCUT2D eigenvalue weighted by molar-refractivity contribution is -0.140. The first-order chi connectivity index (χ1) is 14.0. The normalized spacial score (nSPS) is 18.4. The van der Waals surface area contributed by atoms with Crippen LogP contribution >= 0.6 is 15.9 Å². The molecule has 1 aliphatic rings. The highest BCUT2D eigenvalue weighted by atomic mass is 79.9. The van der Waals surface area contributed by atoms with Crippen LogP contribution in [-0.4, -0.2) is 21.7 Å². The fourth-order valence-electron chi connectivity index (χ4n) is 3.50. The number of hydrogen-bond acceptors (Lipinski definition) is 4. The maximum Gasteiger partial charge on any atom is 0.296 e. The number of furan rings is 1. The van der Waals surface area contributed by atoms with Gasteiger partial charge in [0, 0.05) is 10.0 Å². The summed E-state index contributed by atoms with van der Waals surface area (Å²) in [4.78, 5) is 27.3. The molecule has 3 aromatic rings. The fourth-order valence-corrected chi connectivity index (χ4v) is 3.92. The molecule has 1 saturated heterocycles. The molecule has 1 amide bonds. The van der Waals surface area contributed by atoms with Crippen molar-refractivity contribution in [2.75, 3.05) is 0 Å². The Morgan fingerprint density at radius 1 is 1.10 bits per heavy atom. The monoisotopic (exact) mass is 451 g/mol. The number of Topliss-reactive ketones (excluding diaryl/α,β-unsaturated/α-hetero) is 1. The number of halogens is 1. The van der Waals surface area contributed by atoms with Crippen molar-refractivity contribution in [3.63, 3.8) is 0 Å². The third kappa shape index (κ3) is 3.63. The number of ketones is 1. The van der Waals surface area contributed by atoms with Gasteiger partial charge in [0.2, 0.25) is 0 Å². The maximum atomic E-state index is 12.9. The molecule has 1 unspecified atom stereocenters. The van der Waals surface area contributed by atoms with Crippen molar-refractivity contribution >= 4 is 33.4 Å². The number of likely N-dealkylation sites (tertiary alicyclic amines) is 1. The van der Waals surface area contributed by atoms with Gasteiger partial charge in [-0.15, -0.1) is 0 Å². The topological polar surface area (TPSA) is 70.8 Å². The summed E-state index contributed by atoms with van der Waals surface area (Å²) in [6, 6.07) is 17.3. The Balaban J connectivity index is 1.87. The summed E-state index contributed by atoms with van der Waals surface area (Å²) < 4.78 is 6.20. The number of carbonyl (C=O) groups is 2. The Bertz CT molecular complexity index is 1100. The third-order valence-corrected chi connectivity index (χ3v) is 5.43. The van der Waals surface area contributed by atoms with Crippen LogP contribution in [0.5, 0.6) is 0 Å². The summed E-state index contributed by atoms with van der Waals surface area (Å²) in [6.07, 6.45) is 1.52. The molecule has 1 fully saturated rings. The van der Waals surface area contributed by atoms with Gasteiger partial charge >= 0.3 is 0 Å². The number of hydrogen-bond donors (Lipinski definition) is 1. The minimum absolute atomic E-state index is 0.0727. The predicted molar refractivity (Wildman–Crippen MR) is 112 cm³/mol. The van der Waals surface area contributed by atoms with Gasteiger partial charge in [0.15, 0.2) is 0 Å². The van der Waals surface area contributed by atoms with Crippen molar-refractivity contribution in [3.8, 4) is 0 Å². The molecule has 0 bridgehead atoms. The average Bonchev–Trinajstić information content (AvgIpc) is 3.30. The number of aliphatic hydroxyl groups is 1. The maximum absolute atomic E-state index is 12.9. The number of amides is 1. The molecule has 146 valence electrons. The second kappa shape index (κ2) is 7.72. The Hall–Kier alpha value is -3.12. The van der Waals surface area contributed by atoms with E-state index >= 15 is 0 Å². The van der Waals surface area contributed by atoms with E-state index in [1.807, 2.05) is 43.3 Å². The van der Waals surface area contributed by atoms with Gasteiger partial charge in [-0.05, 0) is 36.8 Å². The minimum Gasteiger partial charge on any atom is -0.507 e. The lowest BCUT2D eigenvalue weighted by Gasteiger charge is -2.24. The average molecular weight is 452 g/mol. The van der Waals surface area contributed by atoms with Gasteiger partial charge < -0.3 is 14.4 Å². The van der Waals surface area contributed by atoms with E-state index in [-0.39, 0.29) is 17.9 Å². The van der Waals surface area contributed by atoms with Crippen LogP contribution in [0.1, 0.15) is 28.5 Å². The van der Waals surface area contributed by atoms with E-state index in [0.29, 0.717) is 11.3 Å². The molecule has 1 atom stereocenters. The van der Waals surface area contributed by atoms with Crippen LogP contribution in [0.25, 0.3) is 5.76 Å². The van der Waals surface area contributed by atoms with Gasteiger partial charge in [0.1, 0.15) is 11.5 Å². The molecule has 0 spiro atoms. The Morgan fingerprint density at radius 2 is 1.86 bits per heavy atom. The molecule has 5 nitrogen and oxygen atoms in total. The summed E-state index contributed by atoms with van der Waals surface area (Å²) in [5, 5.41) is 11.0. The van der Waals surface area contributed by atoms with Gasteiger partial charge in [-0.2, -0.15) is 0 Å². The molecule has 1 aliphatic heterocycles. The number of aryl methyl sites for hydroxylation is 1. The molecule has 2 aromatic carbocycles. The molecular weight excluding hydrogens is 434 g/mol. The van der Waals surface area contributed by atoms with Crippen LogP contribution in [0.15, 0.2) is 81.4 Å². The molecule has 1 N–H and O–H groups in total. The first-order valence-corrected chi connectivity index (χ1v) is 9.88. The zero-order valence-electron chi connectivity index (χ0n) is 15.6. The van der Waals surface area contributed by atoms with Crippen LogP contribution in [0, 0.1) is 6.92 Å². The predicted octanol–water partition coefficient (Wildman–Crippen LogP) is 4.97. The SMILES string of the molecule is Cc1ccc(/C(O)=C2\C(=O)C(=O)N(Cc3ccco3)C2c2cccc(Br)c2)cc1. The van der Waals surface area contributed by atoms with Crippen LogP contribution in [0.3, 0.4) is 0 Å². The van der Waals surface area contributed by atoms with Gasteiger partial charge in [-0.25, -0.2) is 0 Å². The van der Waals surface area contributed by atoms with Gasteiger partial charge in [0.05, 0.1) is 24.4 Å². The summed E-state index contributed by atoms with van der Waals surface area (Å²) in [7, 11) is 0. The minimum atomic E-state index is -0.723. The van der Waals surface area contributed by atoms with Crippen LogP contribution in [0.4, 0.5) is 0 Å². The summed E-state index contributed by atoms with van der Waals surface area (Å²) in [5.41, 5.74) is 2.32. The zero-order chi connectivity index (χ0) is 20.5. The second-order valence-electron chi connectivity index (χ2n) is 6.93. The van der Waals surface area contributed by atoms with Crippen molar-refractivity contribution < 1.29 is 19.1 Å². The van der Waals surface area contributed by atoms with Crippen molar-refractivity contribution in [1.82, 2.24) is 4.90 Å². The largest absolute Gasteiger partial charge is 0.507 e. The Kier molecular flexibility index (Phi) is 5.11. The summed E-state index contributed by atoms with van der Waals surface area (Å²) >= 11 is 3.44. The second-order valence-corrected chi connectivity index (χ2v) is 7.84. The number of rotatable bonds is 4. The van der Waals surface area contributed by atoms with Gasteiger partial charge in [-0.1, -0.05) is 57.9 Å². The zero-order valence-corrected chi connectivity index (χ0v) is 17.2. The molecule has 4 rings (SSSR count). The molecule has 29 heavy (non-hydrogen) atoms. The first kappa shape index (κ1) is 19.2. The van der Waals surface area contributed by atoms with E-state index in [1.165, 1.54) is 11.2 Å². The van der Waals surface area contributed by atoms with Crippen molar-refractivity contribution in [2.45, 2.75) is 19.5 Å². The molecular formula is C23H18BrNO4. The molecule has 0 saturated carbocycles. The van der Waals surface area contributed by atoms with Crippen LogP contribution in [0.2, 0.25) is 0 Å². The standard InChI is InChI=1S/C23H18BrNO4/c1-14-7-9-15(10-8-14)21(26)19-20(16-4-2-5-17(24)12-16)25(23(28)22(19)27)13-18-6-3-11-29-18/h2-12,20,26H,13H2,1H3/b21-19+. The highest BCUT2D eigenvalue weighted by molar-refractivity contribution is 9.10. The summed E-state index contributed by atoms with van der Waals surface area (Å²) in [5.74, 6) is -1.00. The molecule has 1 aromatic heterocycles. The van der Waals surface area contributed by atoms with E-state index in [4.69, 9.17) is 4.42 Å². The number of nitrogens with zero attached hydrogens (tertiary/aromatic N) is 1. The van der Waals surface area contributed by atoms with E-state index in [0.717, 1.165) is 15.6 Å². The molecule has 2 heterocycles. The van der Waals surface area contributed by atoms with Gasteiger partial charge in [-0.3, -0.25) is 9.59 Å². The smallest absolute Gasteiger partial charge is 0.296 e. The Morgan fingerprint density at radius 3 is 2.52 bits per heavy atom. The Labute approximate surface area is 176 Å². The molecule has 0 radical (unpaired) electrons. The molecule has 0 aliphatic carbocycles. The highest BCUT2D eigenvalue weighted by Crippen LogP contribution is 2.40. The van der Waals surface area contributed by atoms with Crippen molar-refractivity contribution in [1.29, 1.82) is 0 Å². The third-order valence-electron chi connectivity index (χ3n) is 4.94. The lowest BCUT2D eigenvalue weighted by atomic mass is 9.95. The number of carbonyl (C=O) groups excluding carboxylic acids is 2.